The first kappa shape index (κ1) is 17.1. The van der Waals surface area contributed by atoms with E-state index in [2.05, 4.69) is 10.3 Å². The van der Waals surface area contributed by atoms with Crippen LogP contribution in [0.2, 0.25) is 0 Å². The molecular formula is C19H23FN4O2. The molecule has 1 amide bonds. The monoisotopic (exact) mass is 358 g/mol. The van der Waals surface area contributed by atoms with Gasteiger partial charge in [-0.2, -0.15) is 0 Å². The SMILES string of the molecule is CC(O)c1cn(C2CN(C(=O)C3(c4ccc(F)cc4)CCCC3)C2)nn1. The van der Waals surface area contributed by atoms with Crippen LogP contribution in [-0.2, 0) is 10.2 Å². The van der Waals surface area contributed by atoms with Gasteiger partial charge >= 0.3 is 0 Å². The summed E-state index contributed by atoms with van der Waals surface area (Å²) >= 11 is 0. The van der Waals surface area contributed by atoms with Gasteiger partial charge in [0, 0.05) is 13.1 Å². The van der Waals surface area contributed by atoms with E-state index in [1.807, 2.05) is 4.90 Å². The average molecular weight is 358 g/mol. The molecule has 1 unspecified atom stereocenters. The van der Waals surface area contributed by atoms with Gasteiger partial charge in [-0.3, -0.25) is 4.79 Å². The summed E-state index contributed by atoms with van der Waals surface area (Å²) in [6.45, 7) is 2.83. The first-order valence-electron chi connectivity index (χ1n) is 9.15. The highest BCUT2D eigenvalue weighted by atomic mass is 19.1. The fourth-order valence-corrected chi connectivity index (χ4v) is 4.12. The minimum atomic E-state index is -0.651. The maximum Gasteiger partial charge on any atom is 0.233 e. The van der Waals surface area contributed by atoms with Crippen LogP contribution in [0.25, 0.3) is 0 Å². The van der Waals surface area contributed by atoms with Crippen LogP contribution in [0.5, 0.6) is 0 Å². The van der Waals surface area contributed by atoms with Gasteiger partial charge in [0.1, 0.15) is 11.5 Å². The van der Waals surface area contributed by atoms with Crippen LogP contribution in [0, 0.1) is 5.82 Å². The van der Waals surface area contributed by atoms with E-state index in [0.29, 0.717) is 18.8 Å². The molecule has 1 N–H and O–H groups in total. The third-order valence-corrected chi connectivity index (χ3v) is 5.74. The number of aliphatic hydroxyl groups is 1. The molecule has 1 aromatic heterocycles. The number of aliphatic hydroxyl groups excluding tert-OH is 1. The number of aromatic nitrogens is 3. The summed E-state index contributed by atoms with van der Waals surface area (Å²) in [5.41, 5.74) is 0.932. The van der Waals surface area contributed by atoms with Crippen molar-refractivity contribution in [1.82, 2.24) is 19.9 Å². The number of benzene rings is 1. The summed E-state index contributed by atoms with van der Waals surface area (Å²) in [7, 11) is 0. The van der Waals surface area contributed by atoms with Crippen molar-refractivity contribution in [2.75, 3.05) is 13.1 Å². The lowest BCUT2D eigenvalue weighted by Gasteiger charge is -2.44. The van der Waals surface area contributed by atoms with Crippen molar-refractivity contribution in [3.05, 3.63) is 47.5 Å². The number of likely N-dealkylation sites (tertiary alicyclic amines) is 1. The Morgan fingerprint density at radius 3 is 2.50 bits per heavy atom. The Kier molecular flexibility index (Phi) is 4.26. The Bertz CT molecular complexity index is 790. The molecule has 1 atom stereocenters. The van der Waals surface area contributed by atoms with E-state index in [1.165, 1.54) is 12.1 Å². The van der Waals surface area contributed by atoms with Crippen LogP contribution in [0.4, 0.5) is 4.39 Å². The second-order valence-electron chi connectivity index (χ2n) is 7.46. The Hall–Kier alpha value is -2.28. The quantitative estimate of drug-likeness (QED) is 0.911. The third kappa shape index (κ3) is 2.80. The molecule has 2 fully saturated rings. The van der Waals surface area contributed by atoms with Gasteiger partial charge in [-0.15, -0.1) is 5.10 Å². The Balaban J connectivity index is 1.49. The lowest BCUT2D eigenvalue weighted by molar-refractivity contribution is -0.143. The van der Waals surface area contributed by atoms with Crippen LogP contribution in [0.15, 0.2) is 30.5 Å². The zero-order valence-corrected chi connectivity index (χ0v) is 14.8. The number of hydrogen-bond acceptors (Lipinski definition) is 4. The lowest BCUT2D eigenvalue weighted by atomic mass is 9.76. The van der Waals surface area contributed by atoms with Gasteiger partial charge in [-0.25, -0.2) is 9.07 Å². The van der Waals surface area contributed by atoms with Crippen LogP contribution in [-0.4, -0.2) is 44.0 Å². The number of amides is 1. The van der Waals surface area contributed by atoms with E-state index in [4.69, 9.17) is 0 Å². The average Bonchev–Trinajstić information content (AvgIpc) is 3.24. The van der Waals surface area contributed by atoms with Gasteiger partial charge in [0.25, 0.3) is 0 Å². The summed E-state index contributed by atoms with van der Waals surface area (Å²) in [5.74, 6) is -0.146. The van der Waals surface area contributed by atoms with Crippen molar-refractivity contribution in [3.8, 4) is 0 Å². The normalized spacial score (nSPS) is 20.8. The molecule has 2 heterocycles. The summed E-state index contributed by atoms with van der Waals surface area (Å²) in [6, 6.07) is 6.47. The summed E-state index contributed by atoms with van der Waals surface area (Å²) in [5, 5.41) is 17.6. The molecule has 0 radical (unpaired) electrons. The van der Waals surface area contributed by atoms with Crippen LogP contribution < -0.4 is 0 Å². The Morgan fingerprint density at radius 1 is 1.27 bits per heavy atom. The standard InChI is InChI=1S/C19H23FN4O2/c1-13(25)17-12-24(22-21-17)16-10-23(11-16)18(26)19(8-2-3-9-19)14-4-6-15(20)7-5-14/h4-7,12-13,16,25H,2-3,8-11H2,1H3. The minimum Gasteiger partial charge on any atom is -0.387 e. The maximum atomic E-state index is 13.3. The molecule has 0 bridgehead atoms. The van der Waals surface area contributed by atoms with E-state index in [9.17, 15) is 14.3 Å². The highest BCUT2D eigenvalue weighted by molar-refractivity contribution is 5.89. The van der Waals surface area contributed by atoms with Crippen molar-refractivity contribution < 1.29 is 14.3 Å². The molecule has 1 aromatic carbocycles. The number of halogens is 1. The van der Waals surface area contributed by atoms with E-state index >= 15 is 0 Å². The van der Waals surface area contributed by atoms with Gasteiger partial charge in [0.05, 0.1) is 23.8 Å². The van der Waals surface area contributed by atoms with Gasteiger partial charge in [0.2, 0.25) is 5.91 Å². The molecule has 7 heteroatoms. The molecular weight excluding hydrogens is 335 g/mol. The zero-order valence-electron chi connectivity index (χ0n) is 14.8. The molecule has 6 nitrogen and oxygen atoms in total. The minimum absolute atomic E-state index is 0.0885. The number of hydrogen-bond donors (Lipinski definition) is 1. The molecule has 1 saturated carbocycles. The van der Waals surface area contributed by atoms with Crippen LogP contribution in [0.1, 0.15) is 56.0 Å². The molecule has 0 spiro atoms. The number of nitrogens with zero attached hydrogens (tertiary/aromatic N) is 4. The van der Waals surface area contributed by atoms with Gasteiger partial charge in [-0.05, 0) is 37.5 Å². The van der Waals surface area contributed by atoms with Crippen LogP contribution in [0.3, 0.4) is 0 Å². The van der Waals surface area contributed by atoms with Crippen LogP contribution >= 0.6 is 0 Å². The van der Waals surface area contributed by atoms with Crippen molar-refractivity contribution >= 4 is 5.91 Å². The number of carbonyl (C=O) groups is 1. The van der Waals surface area contributed by atoms with Crippen molar-refractivity contribution in [2.45, 2.75) is 50.2 Å². The van der Waals surface area contributed by atoms with E-state index in [-0.39, 0.29) is 17.8 Å². The highest BCUT2D eigenvalue weighted by Gasteiger charge is 2.48. The predicted octanol–water partition coefficient (Wildman–Crippen LogP) is 2.37. The molecule has 1 aliphatic heterocycles. The number of carbonyl (C=O) groups excluding carboxylic acids is 1. The Morgan fingerprint density at radius 2 is 1.92 bits per heavy atom. The van der Waals surface area contributed by atoms with Crippen molar-refractivity contribution in [2.24, 2.45) is 0 Å². The molecule has 1 aliphatic carbocycles. The maximum absolute atomic E-state index is 13.3. The third-order valence-electron chi connectivity index (χ3n) is 5.74. The second-order valence-corrected chi connectivity index (χ2v) is 7.46. The van der Waals surface area contributed by atoms with Crippen molar-refractivity contribution in [3.63, 3.8) is 0 Å². The lowest BCUT2D eigenvalue weighted by Crippen LogP contribution is -2.56. The first-order chi connectivity index (χ1) is 12.5. The fourth-order valence-electron chi connectivity index (χ4n) is 4.12. The smallest absolute Gasteiger partial charge is 0.233 e. The molecule has 2 aromatic rings. The van der Waals surface area contributed by atoms with Gasteiger partial charge in [-0.1, -0.05) is 30.2 Å². The molecule has 4 rings (SSSR count). The van der Waals surface area contributed by atoms with Crippen molar-refractivity contribution in [1.29, 1.82) is 0 Å². The summed E-state index contributed by atoms with van der Waals surface area (Å²) in [6.07, 6.45) is 4.74. The summed E-state index contributed by atoms with van der Waals surface area (Å²) in [4.78, 5) is 15.1. The second kappa shape index (κ2) is 6.46. The Labute approximate surface area is 151 Å². The molecule has 26 heavy (non-hydrogen) atoms. The van der Waals surface area contributed by atoms with E-state index in [0.717, 1.165) is 31.2 Å². The molecule has 2 aliphatic rings. The number of rotatable bonds is 4. The predicted molar refractivity (Wildman–Crippen MR) is 92.8 cm³/mol. The fraction of sp³-hybridized carbons (Fsp3) is 0.526. The highest BCUT2D eigenvalue weighted by Crippen LogP contribution is 2.44. The largest absolute Gasteiger partial charge is 0.387 e. The summed E-state index contributed by atoms with van der Waals surface area (Å²) < 4.78 is 15.0. The topological polar surface area (TPSA) is 71.2 Å². The van der Waals surface area contributed by atoms with E-state index in [1.54, 1.807) is 29.9 Å². The van der Waals surface area contributed by atoms with Gasteiger partial charge < -0.3 is 10.0 Å². The van der Waals surface area contributed by atoms with E-state index < -0.39 is 11.5 Å². The first-order valence-corrected chi connectivity index (χ1v) is 9.15. The zero-order chi connectivity index (χ0) is 18.3. The van der Waals surface area contributed by atoms with Gasteiger partial charge in [0.15, 0.2) is 0 Å². The molecule has 1 saturated heterocycles. The molecule has 138 valence electrons.